The fourth-order valence-corrected chi connectivity index (χ4v) is 3.48. The SMILES string of the molecule is COC(=O)c1ccc(OC(=O)c2sc3cccc(F)c3c2C)cc1. The summed E-state index contributed by atoms with van der Waals surface area (Å²) < 4.78 is 24.5. The molecule has 0 radical (unpaired) electrons. The van der Waals surface area contributed by atoms with Gasteiger partial charge >= 0.3 is 11.9 Å². The highest BCUT2D eigenvalue weighted by Gasteiger charge is 2.19. The summed E-state index contributed by atoms with van der Waals surface area (Å²) in [5.74, 6) is -1.09. The Morgan fingerprint density at radius 1 is 1.04 bits per heavy atom. The topological polar surface area (TPSA) is 52.6 Å². The van der Waals surface area contributed by atoms with E-state index in [2.05, 4.69) is 4.74 Å². The van der Waals surface area contributed by atoms with Crippen LogP contribution in [0, 0.1) is 12.7 Å². The van der Waals surface area contributed by atoms with Gasteiger partial charge in [0.15, 0.2) is 0 Å². The van der Waals surface area contributed by atoms with Crippen molar-refractivity contribution in [2.75, 3.05) is 7.11 Å². The molecule has 0 saturated carbocycles. The normalized spacial score (nSPS) is 10.6. The zero-order chi connectivity index (χ0) is 17.3. The van der Waals surface area contributed by atoms with Crippen LogP contribution in [-0.4, -0.2) is 19.0 Å². The summed E-state index contributed by atoms with van der Waals surface area (Å²) in [5.41, 5.74) is 0.918. The van der Waals surface area contributed by atoms with Crippen LogP contribution >= 0.6 is 11.3 Å². The van der Waals surface area contributed by atoms with Gasteiger partial charge in [-0.25, -0.2) is 14.0 Å². The van der Waals surface area contributed by atoms with Gasteiger partial charge in [0, 0.05) is 10.1 Å². The monoisotopic (exact) mass is 344 g/mol. The average Bonchev–Trinajstić information content (AvgIpc) is 2.93. The number of carbonyl (C=O) groups excluding carboxylic acids is 2. The number of carbonyl (C=O) groups is 2. The predicted molar refractivity (Wildman–Crippen MR) is 89.3 cm³/mol. The molecule has 0 bridgehead atoms. The maximum atomic E-state index is 13.9. The Labute approximate surface area is 141 Å². The number of aryl methyl sites for hydroxylation is 1. The molecule has 3 rings (SSSR count). The quantitative estimate of drug-likeness (QED) is 0.523. The molecule has 0 spiro atoms. The van der Waals surface area contributed by atoms with Gasteiger partial charge in [-0.15, -0.1) is 11.3 Å². The van der Waals surface area contributed by atoms with Crippen molar-refractivity contribution in [3.8, 4) is 5.75 Å². The Hall–Kier alpha value is -2.73. The molecule has 0 aliphatic rings. The summed E-state index contributed by atoms with van der Waals surface area (Å²) in [7, 11) is 1.29. The summed E-state index contributed by atoms with van der Waals surface area (Å²) >= 11 is 1.19. The van der Waals surface area contributed by atoms with Crippen LogP contribution in [0.5, 0.6) is 5.75 Å². The molecular weight excluding hydrogens is 331 g/mol. The van der Waals surface area contributed by atoms with Gasteiger partial charge in [0.1, 0.15) is 16.4 Å². The lowest BCUT2D eigenvalue weighted by atomic mass is 10.1. The van der Waals surface area contributed by atoms with E-state index >= 15 is 0 Å². The second-order valence-electron chi connectivity index (χ2n) is 5.07. The van der Waals surface area contributed by atoms with Crippen molar-refractivity contribution in [3.63, 3.8) is 0 Å². The summed E-state index contributed by atoms with van der Waals surface area (Å²) in [6.07, 6.45) is 0. The number of esters is 2. The van der Waals surface area contributed by atoms with Gasteiger partial charge in [-0.1, -0.05) is 6.07 Å². The smallest absolute Gasteiger partial charge is 0.354 e. The van der Waals surface area contributed by atoms with Crippen LogP contribution in [0.2, 0.25) is 0 Å². The number of hydrogen-bond acceptors (Lipinski definition) is 5. The molecule has 1 heterocycles. The van der Waals surface area contributed by atoms with E-state index in [-0.39, 0.29) is 5.82 Å². The molecule has 2 aromatic carbocycles. The van der Waals surface area contributed by atoms with Gasteiger partial charge in [0.25, 0.3) is 0 Å². The maximum Gasteiger partial charge on any atom is 0.354 e. The molecule has 3 aromatic rings. The first-order chi connectivity index (χ1) is 11.5. The van der Waals surface area contributed by atoms with E-state index < -0.39 is 11.9 Å². The Kier molecular flexibility index (Phi) is 4.31. The lowest BCUT2D eigenvalue weighted by Gasteiger charge is -2.04. The second-order valence-corrected chi connectivity index (χ2v) is 6.13. The highest BCUT2D eigenvalue weighted by Crippen LogP contribution is 2.33. The third-order valence-corrected chi connectivity index (χ3v) is 4.81. The summed E-state index contributed by atoms with van der Waals surface area (Å²) in [4.78, 5) is 24.1. The van der Waals surface area contributed by atoms with E-state index in [0.717, 1.165) is 0 Å². The van der Waals surface area contributed by atoms with Crippen LogP contribution in [0.3, 0.4) is 0 Å². The number of hydrogen-bond donors (Lipinski definition) is 0. The molecule has 122 valence electrons. The molecule has 24 heavy (non-hydrogen) atoms. The van der Waals surface area contributed by atoms with Crippen molar-refractivity contribution in [2.45, 2.75) is 6.92 Å². The van der Waals surface area contributed by atoms with Crippen LogP contribution < -0.4 is 4.74 Å². The van der Waals surface area contributed by atoms with Crippen molar-refractivity contribution >= 4 is 33.4 Å². The molecule has 4 nitrogen and oxygen atoms in total. The highest BCUT2D eigenvalue weighted by atomic mass is 32.1. The second kappa shape index (κ2) is 6.41. The van der Waals surface area contributed by atoms with Crippen molar-refractivity contribution in [3.05, 3.63) is 64.3 Å². The molecule has 0 unspecified atom stereocenters. The molecule has 0 aliphatic heterocycles. The Balaban J connectivity index is 1.86. The minimum atomic E-state index is -0.557. The zero-order valence-electron chi connectivity index (χ0n) is 13.0. The maximum absolute atomic E-state index is 13.9. The van der Waals surface area contributed by atoms with E-state index in [1.807, 2.05) is 0 Å². The van der Waals surface area contributed by atoms with Gasteiger partial charge in [0.05, 0.1) is 12.7 Å². The number of rotatable bonds is 3. The van der Waals surface area contributed by atoms with Crippen molar-refractivity contribution in [1.82, 2.24) is 0 Å². The fraction of sp³-hybridized carbons (Fsp3) is 0.111. The standard InChI is InChI=1S/C18H13FO4S/c1-10-15-13(19)4-3-5-14(15)24-16(10)18(21)23-12-8-6-11(7-9-12)17(20)22-2/h3-9H,1-2H3. The molecular formula is C18H13FO4S. The molecule has 0 amide bonds. The van der Waals surface area contributed by atoms with Gasteiger partial charge in [-0.2, -0.15) is 0 Å². The first kappa shape index (κ1) is 16.1. The van der Waals surface area contributed by atoms with Crippen molar-refractivity contribution in [2.24, 2.45) is 0 Å². The minimum Gasteiger partial charge on any atom is -0.465 e. The first-order valence-electron chi connectivity index (χ1n) is 7.09. The van der Waals surface area contributed by atoms with Crippen LogP contribution in [0.1, 0.15) is 25.6 Å². The average molecular weight is 344 g/mol. The number of methoxy groups -OCH3 is 1. The lowest BCUT2D eigenvalue weighted by molar-refractivity contribution is 0.0600. The van der Waals surface area contributed by atoms with E-state index in [0.29, 0.717) is 31.8 Å². The lowest BCUT2D eigenvalue weighted by Crippen LogP contribution is -2.08. The van der Waals surface area contributed by atoms with Gasteiger partial charge in [-0.05, 0) is 48.9 Å². The van der Waals surface area contributed by atoms with E-state index in [1.54, 1.807) is 19.1 Å². The fourth-order valence-electron chi connectivity index (χ4n) is 2.38. The van der Waals surface area contributed by atoms with E-state index in [4.69, 9.17) is 4.74 Å². The molecule has 0 atom stereocenters. The first-order valence-corrected chi connectivity index (χ1v) is 7.91. The predicted octanol–water partition coefficient (Wildman–Crippen LogP) is 4.35. The number of ether oxygens (including phenoxy) is 2. The van der Waals surface area contributed by atoms with Gasteiger partial charge in [0.2, 0.25) is 0 Å². The highest BCUT2D eigenvalue weighted by molar-refractivity contribution is 7.21. The molecule has 1 aromatic heterocycles. The van der Waals surface area contributed by atoms with Crippen LogP contribution in [-0.2, 0) is 4.74 Å². The van der Waals surface area contributed by atoms with E-state index in [9.17, 15) is 14.0 Å². The van der Waals surface area contributed by atoms with Crippen LogP contribution in [0.25, 0.3) is 10.1 Å². The minimum absolute atomic E-state index is 0.296. The summed E-state index contributed by atoms with van der Waals surface area (Å²) in [6.45, 7) is 1.69. The molecule has 0 aliphatic carbocycles. The number of fused-ring (bicyclic) bond motifs is 1. The largest absolute Gasteiger partial charge is 0.465 e. The van der Waals surface area contributed by atoms with E-state index in [1.165, 1.54) is 48.8 Å². The number of thiophene rings is 1. The third kappa shape index (κ3) is 2.88. The summed E-state index contributed by atoms with van der Waals surface area (Å²) in [6, 6.07) is 10.8. The third-order valence-electron chi connectivity index (χ3n) is 3.57. The zero-order valence-corrected chi connectivity index (χ0v) is 13.8. The molecule has 6 heteroatoms. The molecule has 0 fully saturated rings. The Morgan fingerprint density at radius 3 is 2.38 bits per heavy atom. The van der Waals surface area contributed by atoms with Crippen molar-refractivity contribution < 1.29 is 23.5 Å². The van der Waals surface area contributed by atoms with Crippen LogP contribution in [0.15, 0.2) is 42.5 Å². The Bertz CT molecular complexity index is 928. The van der Waals surface area contributed by atoms with Gasteiger partial charge < -0.3 is 9.47 Å². The summed E-state index contributed by atoms with van der Waals surface area (Å²) in [5, 5.41) is 0.440. The van der Waals surface area contributed by atoms with Gasteiger partial charge in [-0.3, -0.25) is 0 Å². The number of halogens is 1. The van der Waals surface area contributed by atoms with Crippen molar-refractivity contribution in [1.29, 1.82) is 0 Å². The van der Waals surface area contributed by atoms with Crippen LogP contribution in [0.4, 0.5) is 4.39 Å². The number of benzene rings is 2. The molecule has 0 N–H and O–H groups in total. The Morgan fingerprint density at radius 2 is 1.75 bits per heavy atom. The molecule has 0 saturated heterocycles.